The minimum Gasteiger partial charge on any atom is -0.493 e. The highest BCUT2D eigenvalue weighted by Crippen LogP contribution is 2.61. The molecule has 0 bridgehead atoms. The van der Waals surface area contributed by atoms with Gasteiger partial charge in [0.05, 0.1) is 14.2 Å². The summed E-state index contributed by atoms with van der Waals surface area (Å²) in [5.41, 5.74) is 2.15. The van der Waals surface area contributed by atoms with E-state index in [4.69, 9.17) is 9.47 Å². The number of hydrogen-bond donors (Lipinski definition) is 0. The maximum absolute atomic E-state index is 12.3. The molecule has 1 aliphatic heterocycles. The molecule has 0 amide bonds. The van der Waals surface area contributed by atoms with Gasteiger partial charge in [-0.05, 0) is 35.7 Å². The number of rotatable bonds is 2. The normalized spacial score (nSPS) is 26.5. The predicted octanol–water partition coefficient (Wildman–Crippen LogP) is 3.74. The maximum Gasteiger partial charge on any atom is 0.161 e. The average Bonchev–Trinajstić information content (AvgIpc) is 2.33. The Bertz CT molecular complexity index is 520. The van der Waals surface area contributed by atoms with Crippen LogP contribution in [0.2, 0.25) is 0 Å². The van der Waals surface area contributed by atoms with Gasteiger partial charge in [-0.15, -0.1) is 0 Å². The second kappa shape index (κ2) is 4.23. The summed E-state index contributed by atoms with van der Waals surface area (Å²) in [5, 5.41) is 0. The van der Waals surface area contributed by atoms with Gasteiger partial charge in [0, 0.05) is 5.66 Å². The zero-order valence-electron chi connectivity index (χ0n) is 10.6. The first-order chi connectivity index (χ1) is 7.99. The molecule has 2 rings (SSSR count). The van der Waals surface area contributed by atoms with Crippen LogP contribution in [0.25, 0.3) is 6.08 Å². The smallest absolute Gasteiger partial charge is 0.161 e. The molecule has 0 N–H and O–H groups in total. The molecule has 17 heavy (non-hydrogen) atoms. The lowest BCUT2D eigenvalue weighted by atomic mass is 10.0. The van der Waals surface area contributed by atoms with Crippen molar-refractivity contribution in [3.63, 3.8) is 0 Å². The van der Waals surface area contributed by atoms with Gasteiger partial charge in [0.25, 0.3) is 0 Å². The molecule has 1 aromatic carbocycles. The Kier molecular flexibility index (Phi) is 3.05. The predicted molar refractivity (Wildman–Crippen MR) is 70.5 cm³/mol. The highest BCUT2D eigenvalue weighted by molar-refractivity contribution is 7.66. The molecule has 1 aliphatic rings. The van der Waals surface area contributed by atoms with Gasteiger partial charge in [-0.25, -0.2) is 0 Å². The summed E-state index contributed by atoms with van der Waals surface area (Å²) in [5.74, 6) is 3.22. The molecule has 1 aromatic rings. The van der Waals surface area contributed by atoms with Gasteiger partial charge in [0.2, 0.25) is 0 Å². The summed E-state index contributed by atoms with van der Waals surface area (Å²) in [6, 6.07) is 3.86. The Morgan fingerprint density at radius 3 is 2.35 bits per heavy atom. The average molecular weight is 252 g/mol. The highest BCUT2D eigenvalue weighted by Gasteiger charge is 2.29. The Balaban J connectivity index is 2.61. The summed E-state index contributed by atoms with van der Waals surface area (Å²) >= 11 is 0. The van der Waals surface area contributed by atoms with E-state index in [1.54, 1.807) is 14.2 Å². The maximum atomic E-state index is 12.3. The Hall–Kier alpha value is -1.21. The molecule has 0 radical (unpaired) electrons. The minimum atomic E-state index is -2.24. The number of benzene rings is 1. The van der Waals surface area contributed by atoms with Crippen molar-refractivity contribution in [3.8, 4) is 11.5 Å². The molecule has 0 spiro atoms. The van der Waals surface area contributed by atoms with Crippen molar-refractivity contribution in [2.45, 2.75) is 12.6 Å². The Morgan fingerprint density at radius 2 is 1.76 bits per heavy atom. The van der Waals surface area contributed by atoms with E-state index >= 15 is 0 Å². The summed E-state index contributed by atoms with van der Waals surface area (Å²) in [4.78, 5) is 0. The van der Waals surface area contributed by atoms with Crippen molar-refractivity contribution in [2.24, 2.45) is 0 Å². The van der Waals surface area contributed by atoms with Crippen LogP contribution in [-0.2, 0) is 4.57 Å². The van der Waals surface area contributed by atoms with E-state index in [9.17, 15) is 4.57 Å². The van der Waals surface area contributed by atoms with Crippen molar-refractivity contribution in [3.05, 3.63) is 29.1 Å². The summed E-state index contributed by atoms with van der Waals surface area (Å²) in [6.45, 7) is 3.81. The highest BCUT2D eigenvalue weighted by atomic mass is 31.2. The summed E-state index contributed by atoms with van der Waals surface area (Å²) in [7, 11) is 0.985. The Morgan fingerprint density at radius 1 is 1.18 bits per heavy atom. The van der Waals surface area contributed by atoms with Crippen LogP contribution in [0.3, 0.4) is 0 Å². The van der Waals surface area contributed by atoms with Crippen LogP contribution in [0.5, 0.6) is 11.5 Å². The van der Waals surface area contributed by atoms with E-state index in [-0.39, 0.29) is 5.66 Å². The summed E-state index contributed by atoms with van der Waals surface area (Å²) in [6.07, 6.45) is 1.91. The molecule has 0 aromatic heterocycles. The SMILES string of the molecule is COc1cc2c(cc1OC)[C@H](C)[P@@](C)(=O)C=C2. The molecular weight excluding hydrogens is 235 g/mol. The zero-order chi connectivity index (χ0) is 12.6. The van der Waals surface area contributed by atoms with Crippen LogP contribution in [0, 0.1) is 0 Å². The van der Waals surface area contributed by atoms with Gasteiger partial charge in [-0.3, -0.25) is 0 Å². The molecule has 0 unspecified atom stereocenters. The molecular formula is C13H17O3P. The largest absolute Gasteiger partial charge is 0.493 e. The quantitative estimate of drug-likeness (QED) is 0.752. The van der Waals surface area contributed by atoms with E-state index in [1.807, 2.05) is 37.6 Å². The first kappa shape index (κ1) is 12.3. The Labute approximate surface area is 102 Å². The molecule has 0 saturated heterocycles. The van der Waals surface area contributed by atoms with Crippen molar-refractivity contribution >= 4 is 13.2 Å². The fourth-order valence-electron chi connectivity index (χ4n) is 2.05. The number of hydrogen-bond acceptors (Lipinski definition) is 3. The van der Waals surface area contributed by atoms with Crippen molar-refractivity contribution < 1.29 is 14.0 Å². The molecule has 4 heteroatoms. The number of fused-ring (bicyclic) bond motifs is 1. The van der Waals surface area contributed by atoms with Gasteiger partial charge in [-0.2, -0.15) is 0 Å². The third kappa shape index (κ3) is 2.00. The lowest BCUT2D eigenvalue weighted by molar-refractivity contribution is 0.354. The van der Waals surface area contributed by atoms with E-state index in [2.05, 4.69) is 0 Å². The third-order valence-electron chi connectivity index (χ3n) is 3.36. The minimum absolute atomic E-state index is 0.0299. The molecule has 1 heterocycles. The van der Waals surface area contributed by atoms with E-state index < -0.39 is 7.14 Å². The monoisotopic (exact) mass is 252 g/mol. The van der Waals surface area contributed by atoms with Gasteiger partial charge >= 0.3 is 0 Å². The van der Waals surface area contributed by atoms with E-state index in [1.165, 1.54) is 0 Å². The van der Waals surface area contributed by atoms with Crippen LogP contribution < -0.4 is 9.47 Å². The molecule has 0 aliphatic carbocycles. The lowest BCUT2D eigenvalue weighted by Gasteiger charge is -2.25. The standard InChI is InChI=1S/C13H17O3P/c1-9-11-8-13(16-3)12(15-2)7-10(11)5-6-17(9,4)14/h5-9H,1-4H3/t9-,17-/m0/s1. The van der Waals surface area contributed by atoms with Gasteiger partial charge in [-0.1, -0.05) is 13.0 Å². The van der Waals surface area contributed by atoms with E-state index in [0.717, 1.165) is 11.1 Å². The van der Waals surface area contributed by atoms with E-state index in [0.29, 0.717) is 11.5 Å². The fraction of sp³-hybridized carbons (Fsp3) is 0.385. The molecule has 0 saturated carbocycles. The first-order valence-electron chi connectivity index (χ1n) is 5.51. The second-order valence-corrected chi connectivity index (χ2v) is 7.58. The van der Waals surface area contributed by atoms with Gasteiger partial charge in [0.15, 0.2) is 11.5 Å². The van der Waals surface area contributed by atoms with Crippen molar-refractivity contribution in [1.29, 1.82) is 0 Å². The van der Waals surface area contributed by atoms with Gasteiger partial charge in [0.1, 0.15) is 7.14 Å². The van der Waals surface area contributed by atoms with Crippen molar-refractivity contribution in [1.82, 2.24) is 0 Å². The van der Waals surface area contributed by atoms with Crippen LogP contribution in [0.1, 0.15) is 23.7 Å². The fourth-order valence-corrected chi connectivity index (χ4v) is 3.54. The van der Waals surface area contributed by atoms with Crippen LogP contribution >= 0.6 is 7.14 Å². The first-order valence-corrected chi connectivity index (χ1v) is 7.81. The third-order valence-corrected chi connectivity index (χ3v) is 5.92. The number of ether oxygens (including phenoxy) is 2. The van der Waals surface area contributed by atoms with Gasteiger partial charge < -0.3 is 14.0 Å². The summed E-state index contributed by atoms with van der Waals surface area (Å²) < 4.78 is 22.9. The molecule has 0 fully saturated rings. The molecule has 92 valence electrons. The van der Waals surface area contributed by atoms with Crippen LogP contribution in [-0.4, -0.2) is 20.9 Å². The molecule has 2 atom stereocenters. The second-order valence-electron chi connectivity index (χ2n) is 4.39. The topological polar surface area (TPSA) is 35.5 Å². The number of methoxy groups -OCH3 is 2. The van der Waals surface area contributed by atoms with Crippen LogP contribution in [0.15, 0.2) is 17.9 Å². The zero-order valence-corrected chi connectivity index (χ0v) is 11.5. The lowest BCUT2D eigenvalue weighted by Crippen LogP contribution is -2.02. The van der Waals surface area contributed by atoms with Crippen molar-refractivity contribution in [2.75, 3.05) is 20.9 Å². The molecule has 3 nitrogen and oxygen atoms in total. The van der Waals surface area contributed by atoms with Crippen LogP contribution in [0.4, 0.5) is 0 Å².